The average Bonchev–Trinajstić information content (AvgIpc) is 3.30. The second-order valence-corrected chi connectivity index (χ2v) is 6.65. The quantitative estimate of drug-likeness (QED) is 0.280. The van der Waals surface area contributed by atoms with Gasteiger partial charge in [0.25, 0.3) is 0 Å². The number of hydrazone groups is 1. The summed E-state index contributed by atoms with van der Waals surface area (Å²) in [6.07, 6.45) is 2.16. The van der Waals surface area contributed by atoms with E-state index in [-0.39, 0.29) is 17.4 Å². The van der Waals surface area contributed by atoms with E-state index in [4.69, 9.17) is 10.5 Å². The molecule has 4 rings (SSSR count). The van der Waals surface area contributed by atoms with E-state index in [1.165, 1.54) is 10.9 Å². The molecule has 1 aliphatic heterocycles. The van der Waals surface area contributed by atoms with Crippen molar-refractivity contribution in [1.29, 1.82) is 0 Å². The van der Waals surface area contributed by atoms with Crippen LogP contribution in [0, 0.1) is 0 Å². The van der Waals surface area contributed by atoms with Gasteiger partial charge in [-0.15, -0.1) is 0 Å². The molecule has 156 valence electrons. The van der Waals surface area contributed by atoms with Crippen molar-refractivity contribution in [2.75, 3.05) is 17.8 Å². The molecule has 2 aromatic heterocycles. The zero-order valence-corrected chi connectivity index (χ0v) is 15.8. The van der Waals surface area contributed by atoms with Crippen molar-refractivity contribution in [3.63, 3.8) is 0 Å². The number of hydrogen-bond acceptors (Lipinski definition) is 10. The van der Waals surface area contributed by atoms with E-state index < -0.39 is 31.1 Å². The summed E-state index contributed by atoms with van der Waals surface area (Å²) < 4.78 is 6.97. The van der Waals surface area contributed by atoms with Gasteiger partial charge in [-0.3, -0.25) is 4.57 Å². The smallest absolute Gasteiger partial charge is 0.247 e. The van der Waals surface area contributed by atoms with Crippen LogP contribution in [-0.4, -0.2) is 66.0 Å². The summed E-state index contributed by atoms with van der Waals surface area (Å²) in [6, 6.07) is 9.76. The fourth-order valence-corrected chi connectivity index (χ4v) is 3.14. The molecule has 0 amide bonds. The molecule has 3 heterocycles. The molecule has 30 heavy (non-hydrogen) atoms. The predicted molar refractivity (Wildman–Crippen MR) is 110 cm³/mol. The Kier molecular flexibility index (Phi) is 5.68. The molecule has 0 aliphatic carbocycles. The monoisotopic (exact) mass is 411 g/mol. The number of aromatic nitrogens is 4. The van der Waals surface area contributed by atoms with Gasteiger partial charge in [0.15, 0.2) is 17.7 Å². The van der Waals surface area contributed by atoms with Crippen LogP contribution in [0.5, 0.6) is 0 Å². The lowest BCUT2D eigenvalue weighted by molar-refractivity contribution is -0.0511. The Morgan fingerprint density at radius 2 is 2.00 bits per heavy atom. The van der Waals surface area contributed by atoms with Crippen molar-refractivity contribution < 1.29 is 20.1 Å². The molecule has 1 aliphatic rings. The van der Waals surface area contributed by atoms with E-state index >= 15 is 0 Å². The van der Waals surface area contributed by atoms with Gasteiger partial charge in [0, 0.05) is 6.21 Å². The van der Waals surface area contributed by atoms with E-state index in [1.807, 2.05) is 36.4 Å². The number of rotatable bonds is 6. The molecule has 6 N–H and O–H groups in total. The molecular weight excluding hydrogens is 390 g/mol. The number of aliphatic hydroxyl groups is 3. The zero-order valence-electron chi connectivity index (χ0n) is 15.8. The molecule has 0 saturated carbocycles. The SMILES string of the molecule is Nc1nc(N/N=C/C=C/c2ccccc2)nc2c1ncn2C1OC(CO)C(O)C1O. The van der Waals surface area contributed by atoms with Crippen molar-refractivity contribution in [3.05, 3.63) is 48.3 Å². The lowest BCUT2D eigenvalue weighted by atomic mass is 10.1. The highest BCUT2D eigenvalue weighted by atomic mass is 16.6. The largest absolute Gasteiger partial charge is 0.394 e. The van der Waals surface area contributed by atoms with E-state index in [1.54, 1.807) is 12.3 Å². The Bertz CT molecular complexity index is 1070. The Morgan fingerprint density at radius 3 is 2.73 bits per heavy atom. The van der Waals surface area contributed by atoms with Crippen molar-refractivity contribution in [2.24, 2.45) is 5.10 Å². The van der Waals surface area contributed by atoms with Crippen molar-refractivity contribution in [1.82, 2.24) is 19.5 Å². The summed E-state index contributed by atoms with van der Waals surface area (Å²) in [7, 11) is 0. The van der Waals surface area contributed by atoms with Gasteiger partial charge in [-0.05, 0) is 11.6 Å². The lowest BCUT2D eigenvalue weighted by Gasteiger charge is -2.16. The summed E-state index contributed by atoms with van der Waals surface area (Å²) in [4.78, 5) is 12.6. The number of nitrogens with two attached hydrogens (primary N) is 1. The highest BCUT2D eigenvalue weighted by Crippen LogP contribution is 2.32. The Hall–Kier alpha value is -3.38. The number of hydrogen-bond donors (Lipinski definition) is 5. The fourth-order valence-electron chi connectivity index (χ4n) is 3.14. The van der Waals surface area contributed by atoms with Gasteiger partial charge in [0.05, 0.1) is 12.9 Å². The number of allylic oxidation sites excluding steroid dienone is 1. The van der Waals surface area contributed by atoms with E-state index in [0.29, 0.717) is 5.52 Å². The number of aliphatic hydroxyl groups excluding tert-OH is 3. The summed E-state index contributed by atoms with van der Waals surface area (Å²) in [5.74, 6) is 0.237. The molecule has 4 atom stereocenters. The van der Waals surface area contributed by atoms with Crippen LogP contribution in [-0.2, 0) is 4.74 Å². The van der Waals surface area contributed by atoms with Crippen LogP contribution in [0.3, 0.4) is 0 Å². The third kappa shape index (κ3) is 3.86. The summed E-state index contributed by atoms with van der Waals surface area (Å²) in [5, 5.41) is 33.6. The standard InChI is InChI=1S/C19H21N7O4/c20-16-13-17(26(10-21-13)18-15(29)14(28)12(9-27)30-18)24-19(23-16)25-22-8-4-7-11-5-2-1-3-6-11/h1-8,10,12,14-15,18,27-29H,9H2,(H3,20,23,24,25)/b7-4+,22-8+. The molecule has 11 heteroatoms. The van der Waals surface area contributed by atoms with E-state index in [9.17, 15) is 15.3 Å². The van der Waals surface area contributed by atoms with Gasteiger partial charge in [-0.1, -0.05) is 36.4 Å². The van der Waals surface area contributed by atoms with Gasteiger partial charge in [-0.25, -0.2) is 10.4 Å². The molecule has 4 unspecified atom stereocenters. The van der Waals surface area contributed by atoms with Crippen LogP contribution in [0.25, 0.3) is 17.2 Å². The Balaban J connectivity index is 1.54. The van der Waals surface area contributed by atoms with Crippen molar-refractivity contribution in [3.8, 4) is 0 Å². The maximum atomic E-state index is 10.3. The summed E-state index contributed by atoms with van der Waals surface area (Å²) in [6.45, 7) is -0.434. The number of nitrogens with one attached hydrogen (secondary N) is 1. The van der Waals surface area contributed by atoms with Gasteiger partial charge < -0.3 is 25.8 Å². The highest BCUT2D eigenvalue weighted by Gasteiger charge is 2.44. The number of benzene rings is 1. The van der Waals surface area contributed by atoms with Gasteiger partial charge >= 0.3 is 0 Å². The van der Waals surface area contributed by atoms with Gasteiger partial charge in [0.2, 0.25) is 5.95 Å². The number of ether oxygens (including phenoxy) is 1. The van der Waals surface area contributed by atoms with Crippen LogP contribution in [0.4, 0.5) is 11.8 Å². The second-order valence-electron chi connectivity index (χ2n) is 6.65. The molecule has 0 radical (unpaired) electrons. The molecule has 1 saturated heterocycles. The summed E-state index contributed by atoms with van der Waals surface area (Å²) >= 11 is 0. The van der Waals surface area contributed by atoms with Crippen LogP contribution < -0.4 is 11.2 Å². The molecule has 1 aromatic carbocycles. The molecule has 11 nitrogen and oxygen atoms in total. The minimum atomic E-state index is -1.27. The summed E-state index contributed by atoms with van der Waals surface area (Å²) in [5.41, 5.74) is 10.3. The van der Waals surface area contributed by atoms with E-state index in [2.05, 4.69) is 25.5 Å². The molecule has 0 spiro atoms. The first kappa shape index (κ1) is 19.9. The maximum absolute atomic E-state index is 10.3. The maximum Gasteiger partial charge on any atom is 0.247 e. The van der Waals surface area contributed by atoms with Crippen LogP contribution in [0.1, 0.15) is 11.8 Å². The molecular formula is C19H21N7O4. The van der Waals surface area contributed by atoms with Crippen molar-refractivity contribution in [2.45, 2.75) is 24.5 Å². The minimum absolute atomic E-state index is 0.114. The number of nitrogens with zero attached hydrogens (tertiary/aromatic N) is 5. The van der Waals surface area contributed by atoms with Gasteiger partial charge in [-0.2, -0.15) is 15.1 Å². The fraction of sp³-hybridized carbons (Fsp3) is 0.263. The third-order valence-electron chi connectivity index (χ3n) is 4.65. The predicted octanol–water partition coefficient (Wildman–Crippen LogP) is 0.131. The molecule has 0 bridgehead atoms. The first-order valence-corrected chi connectivity index (χ1v) is 9.22. The first-order chi connectivity index (χ1) is 14.6. The average molecular weight is 411 g/mol. The van der Waals surface area contributed by atoms with Crippen LogP contribution in [0.2, 0.25) is 0 Å². The minimum Gasteiger partial charge on any atom is -0.394 e. The molecule has 3 aromatic rings. The first-order valence-electron chi connectivity index (χ1n) is 9.22. The number of imidazole rings is 1. The normalized spacial score (nSPS) is 24.4. The third-order valence-corrected chi connectivity index (χ3v) is 4.65. The zero-order chi connectivity index (χ0) is 21.1. The van der Waals surface area contributed by atoms with Crippen LogP contribution >= 0.6 is 0 Å². The lowest BCUT2D eigenvalue weighted by Crippen LogP contribution is -2.33. The Labute approximate surface area is 171 Å². The number of anilines is 2. The van der Waals surface area contributed by atoms with Crippen molar-refractivity contribution >= 4 is 35.2 Å². The molecule has 1 fully saturated rings. The Morgan fingerprint density at radius 1 is 1.20 bits per heavy atom. The van der Waals surface area contributed by atoms with Gasteiger partial charge in [0.1, 0.15) is 23.8 Å². The number of fused-ring (bicyclic) bond motifs is 1. The second kappa shape index (κ2) is 8.55. The number of nitrogen functional groups attached to an aromatic ring is 1. The van der Waals surface area contributed by atoms with Crippen LogP contribution in [0.15, 0.2) is 47.8 Å². The highest BCUT2D eigenvalue weighted by molar-refractivity contribution is 5.83. The van der Waals surface area contributed by atoms with E-state index in [0.717, 1.165) is 5.56 Å². The topological polar surface area (TPSA) is 164 Å².